The van der Waals surface area contributed by atoms with Crippen LogP contribution < -0.4 is 15.4 Å². The lowest BCUT2D eigenvalue weighted by Gasteiger charge is -2.15. The molecule has 6 nitrogen and oxygen atoms in total. The molecule has 0 radical (unpaired) electrons. The molecule has 6 heteroatoms. The Morgan fingerprint density at radius 1 is 1.23 bits per heavy atom. The fourth-order valence-electron chi connectivity index (χ4n) is 3.43. The number of hydrogen-bond donors (Lipinski definition) is 3. The van der Waals surface area contributed by atoms with Crippen LogP contribution in [0.1, 0.15) is 36.5 Å². The number of guanidine groups is 1. The summed E-state index contributed by atoms with van der Waals surface area (Å²) in [5, 5.41) is 16.2. The van der Waals surface area contributed by atoms with Crippen molar-refractivity contribution in [2.45, 2.75) is 45.8 Å². The van der Waals surface area contributed by atoms with Gasteiger partial charge in [0.1, 0.15) is 18.1 Å². The van der Waals surface area contributed by atoms with Crippen LogP contribution in [0.25, 0.3) is 0 Å². The first-order valence-corrected chi connectivity index (χ1v) is 10.8. The van der Waals surface area contributed by atoms with E-state index in [1.807, 2.05) is 12.1 Å². The first kappa shape index (κ1) is 22.0. The zero-order chi connectivity index (χ0) is 21.2. The van der Waals surface area contributed by atoms with Crippen LogP contribution in [0.15, 0.2) is 47.5 Å². The highest BCUT2D eigenvalue weighted by atomic mass is 16.5. The average Bonchev–Trinajstić information content (AvgIpc) is 3.25. The quantitative estimate of drug-likeness (QED) is 0.435. The molecule has 1 fully saturated rings. The predicted octanol–water partition coefficient (Wildman–Crippen LogP) is 3.56. The number of phenols is 1. The lowest BCUT2D eigenvalue weighted by Crippen LogP contribution is -2.38. The summed E-state index contributed by atoms with van der Waals surface area (Å²) in [5.74, 6) is 1.94. The van der Waals surface area contributed by atoms with Gasteiger partial charge >= 0.3 is 0 Å². The zero-order valence-electron chi connectivity index (χ0n) is 18.0. The molecule has 1 aliphatic heterocycles. The minimum Gasteiger partial charge on any atom is -0.508 e. The molecule has 1 unspecified atom stereocenters. The maximum Gasteiger partial charge on any atom is 0.191 e. The van der Waals surface area contributed by atoms with Gasteiger partial charge in [0.2, 0.25) is 0 Å². The van der Waals surface area contributed by atoms with E-state index in [1.54, 1.807) is 12.1 Å². The number of nitrogens with one attached hydrogen (secondary N) is 2. The van der Waals surface area contributed by atoms with Gasteiger partial charge in [0.05, 0.1) is 12.6 Å². The highest BCUT2D eigenvalue weighted by molar-refractivity contribution is 5.79. The van der Waals surface area contributed by atoms with Crippen molar-refractivity contribution in [1.29, 1.82) is 0 Å². The van der Waals surface area contributed by atoms with Crippen molar-refractivity contribution in [2.24, 2.45) is 4.99 Å². The zero-order valence-corrected chi connectivity index (χ0v) is 18.0. The summed E-state index contributed by atoms with van der Waals surface area (Å²) in [5.41, 5.74) is 3.31. The molecule has 0 aromatic heterocycles. The molecular weight excluding hydrogens is 378 g/mol. The second-order valence-corrected chi connectivity index (χ2v) is 7.60. The van der Waals surface area contributed by atoms with Crippen molar-refractivity contribution in [1.82, 2.24) is 10.6 Å². The molecule has 0 bridgehead atoms. The molecule has 0 aliphatic carbocycles. The molecule has 2 aromatic carbocycles. The number of phenolic OH excluding ortho intramolecular Hbond substituents is 1. The smallest absolute Gasteiger partial charge is 0.191 e. The van der Waals surface area contributed by atoms with Crippen LogP contribution in [0, 0.1) is 6.92 Å². The SMILES string of the molecule is CCNC(=NCc1ccc(C)cc1OCC1CCCO1)NCCc1cccc(O)c1. The molecule has 1 saturated heterocycles. The van der Waals surface area contributed by atoms with Crippen LogP contribution >= 0.6 is 0 Å². The predicted molar refractivity (Wildman–Crippen MR) is 120 cm³/mol. The number of hydrogen-bond acceptors (Lipinski definition) is 4. The molecule has 1 atom stereocenters. The lowest BCUT2D eigenvalue weighted by atomic mass is 10.1. The van der Waals surface area contributed by atoms with Gasteiger partial charge in [-0.05, 0) is 62.4 Å². The Bertz CT molecular complexity index is 832. The van der Waals surface area contributed by atoms with E-state index in [0.717, 1.165) is 61.8 Å². The third kappa shape index (κ3) is 6.95. The van der Waals surface area contributed by atoms with E-state index in [2.05, 4.69) is 42.7 Å². The van der Waals surface area contributed by atoms with Gasteiger partial charge in [-0.25, -0.2) is 4.99 Å². The first-order valence-electron chi connectivity index (χ1n) is 10.8. The summed E-state index contributed by atoms with van der Waals surface area (Å²) >= 11 is 0. The number of rotatable bonds is 9. The maximum absolute atomic E-state index is 9.60. The van der Waals surface area contributed by atoms with Crippen LogP contribution in [0.2, 0.25) is 0 Å². The number of aryl methyl sites for hydroxylation is 1. The van der Waals surface area contributed by atoms with Gasteiger partial charge in [-0.1, -0.05) is 24.3 Å². The Kier molecular flexibility index (Phi) is 8.39. The first-order chi connectivity index (χ1) is 14.6. The molecule has 1 heterocycles. The summed E-state index contributed by atoms with van der Waals surface area (Å²) in [6, 6.07) is 13.6. The van der Waals surface area contributed by atoms with Gasteiger partial charge in [-0.3, -0.25) is 0 Å². The number of aliphatic imine (C=N–C) groups is 1. The van der Waals surface area contributed by atoms with Crippen LogP contribution in [-0.2, 0) is 17.7 Å². The van der Waals surface area contributed by atoms with Crippen molar-refractivity contribution in [3.63, 3.8) is 0 Å². The monoisotopic (exact) mass is 411 g/mol. The number of aromatic hydroxyl groups is 1. The minimum absolute atomic E-state index is 0.193. The molecule has 0 spiro atoms. The summed E-state index contributed by atoms with van der Waals surface area (Å²) < 4.78 is 11.8. The summed E-state index contributed by atoms with van der Waals surface area (Å²) in [7, 11) is 0. The standard InChI is InChI=1S/C24H33N3O3/c1-3-25-24(26-12-11-19-6-4-7-21(28)15-19)27-16-20-10-9-18(2)14-23(20)30-17-22-8-5-13-29-22/h4,6-7,9-10,14-15,22,28H,3,5,8,11-13,16-17H2,1-2H3,(H2,25,26,27). The van der Waals surface area contributed by atoms with Gasteiger partial charge in [0, 0.05) is 25.3 Å². The number of benzene rings is 2. The highest BCUT2D eigenvalue weighted by Gasteiger charge is 2.17. The molecule has 3 rings (SSSR count). The summed E-state index contributed by atoms with van der Waals surface area (Å²) in [4.78, 5) is 4.74. The third-order valence-corrected chi connectivity index (χ3v) is 5.04. The van der Waals surface area contributed by atoms with Crippen LogP contribution in [0.4, 0.5) is 0 Å². The topological polar surface area (TPSA) is 75.1 Å². The highest BCUT2D eigenvalue weighted by Crippen LogP contribution is 2.23. The second kappa shape index (κ2) is 11.5. The van der Waals surface area contributed by atoms with Crippen LogP contribution in [-0.4, -0.2) is 43.5 Å². The molecule has 1 aliphatic rings. The normalized spacial score (nSPS) is 16.5. The van der Waals surface area contributed by atoms with Gasteiger partial charge in [0.25, 0.3) is 0 Å². The van der Waals surface area contributed by atoms with Crippen LogP contribution in [0.3, 0.4) is 0 Å². The molecular formula is C24H33N3O3. The molecule has 162 valence electrons. The third-order valence-electron chi connectivity index (χ3n) is 5.04. The Hall–Kier alpha value is -2.73. The summed E-state index contributed by atoms with van der Waals surface area (Å²) in [6.07, 6.45) is 3.17. The fourth-order valence-corrected chi connectivity index (χ4v) is 3.43. The average molecular weight is 412 g/mol. The van der Waals surface area contributed by atoms with Crippen molar-refractivity contribution in [3.05, 3.63) is 59.2 Å². The Balaban J connectivity index is 1.58. The van der Waals surface area contributed by atoms with E-state index in [-0.39, 0.29) is 6.10 Å². The van der Waals surface area contributed by atoms with Gasteiger partial charge in [-0.2, -0.15) is 0 Å². The van der Waals surface area contributed by atoms with E-state index in [0.29, 0.717) is 18.9 Å². The summed E-state index contributed by atoms with van der Waals surface area (Å²) in [6.45, 7) is 7.58. The fraction of sp³-hybridized carbons (Fsp3) is 0.458. The molecule has 2 aromatic rings. The van der Waals surface area contributed by atoms with Crippen LogP contribution in [0.5, 0.6) is 11.5 Å². The van der Waals surface area contributed by atoms with Gasteiger partial charge < -0.3 is 25.2 Å². The van der Waals surface area contributed by atoms with E-state index >= 15 is 0 Å². The molecule has 0 amide bonds. The Labute approximate surface area is 179 Å². The van der Waals surface area contributed by atoms with E-state index in [9.17, 15) is 5.11 Å². The minimum atomic E-state index is 0.193. The van der Waals surface area contributed by atoms with Crippen molar-refractivity contribution >= 4 is 5.96 Å². The molecule has 0 saturated carbocycles. The molecule has 3 N–H and O–H groups in total. The van der Waals surface area contributed by atoms with Crippen molar-refractivity contribution in [2.75, 3.05) is 26.3 Å². The number of ether oxygens (including phenoxy) is 2. The van der Waals surface area contributed by atoms with E-state index < -0.39 is 0 Å². The number of nitrogens with zero attached hydrogens (tertiary/aromatic N) is 1. The van der Waals surface area contributed by atoms with Gasteiger partial charge in [-0.15, -0.1) is 0 Å². The van der Waals surface area contributed by atoms with E-state index in [4.69, 9.17) is 14.5 Å². The second-order valence-electron chi connectivity index (χ2n) is 7.60. The Morgan fingerprint density at radius 3 is 2.90 bits per heavy atom. The maximum atomic E-state index is 9.60. The largest absolute Gasteiger partial charge is 0.508 e. The lowest BCUT2D eigenvalue weighted by molar-refractivity contribution is 0.0676. The van der Waals surface area contributed by atoms with Crippen molar-refractivity contribution in [3.8, 4) is 11.5 Å². The van der Waals surface area contributed by atoms with Gasteiger partial charge in [0.15, 0.2) is 5.96 Å². The Morgan fingerprint density at radius 2 is 2.13 bits per heavy atom. The van der Waals surface area contributed by atoms with E-state index in [1.165, 1.54) is 5.56 Å². The molecule has 30 heavy (non-hydrogen) atoms. The van der Waals surface area contributed by atoms with Crippen molar-refractivity contribution < 1.29 is 14.6 Å².